The van der Waals surface area contributed by atoms with Crippen LogP contribution in [0.25, 0.3) is 11.1 Å². The Bertz CT molecular complexity index is 800. The van der Waals surface area contributed by atoms with Crippen LogP contribution in [-0.4, -0.2) is 48.3 Å². The fraction of sp³-hybridized carbons (Fsp3) is 0.316. The topological polar surface area (TPSA) is 75.8 Å². The van der Waals surface area contributed by atoms with Gasteiger partial charge in [0.25, 0.3) is 5.91 Å². The first-order valence-corrected chi connectivity index (χ1v) is 8.39. The summed E-state index contributed by atoms with van der Waals surface area (Å²) in [5, 5.41) is 9.83. The van der Waals surface area contributed by atoms with Crippen LogP contribution in [0.3, 0.4) is 0 Å². The van der Waals surface area contributed by atoms with Gasteiger partial charge in [-0.1, -0.05) is 12.1 Å². The van der Waals surface area contributed by atoms with Crippen LogP contribution < -0.4 is 5.73 Å². The molecule has 3 rings (SSSR count). The molecule has 1 fully saturated rings. The number of amides is 1. The van der Waals surface area contributed by atoms with Gasteiger partial charge in [-0.3, -0.25) is 4.79 Å². The molecule has 0 radical (unpaired) electrons. The number of halogens is 3. The van der Waals surface area contributed by atoms with Crippen molar-refractivity contribution in [1.29, 1.82) is 0 Å². The van der Waals surface area contributed by atoms with Crippen molar-refractivity contribution < 1.29 is 23.4 Å². The Labute approximate surface area is 162 Å². The van der Waals surface area contributed by atoms with Crippen LogP contribution in [0.15, 0.2) is 36.4 Å². The summed E-state index contributed by atoms with van der Waals surface area (Å²) in [5.74, 6) is -2.65. The Hall–Kier alpha value is -2.22. The van der Waals surface area contributed by atoms with Gasteiger partial charge in [0.05, 0.1) is 12.7 Å². The maximum atomic E-state index is 13.4. The van der Waals surface area contributed by atoms with Crippen LogP contribution in [0, 0.1) is 11.6 Å². The zero-order valence-corrected chi connectivity index (χ0v) is 15.3. The van der Waals surface area contributed by atoms with Gasteiger partial charge in [-0.05, 0) is 36.7 Å². The first kappa shape index (κ1) is 21.1. The minimum Gasteiger partial charge on any atom is -0.507 e. The molecule has 1 saturated heterocycles. The quantitative estimate of drug-likeness (QED) is 0.830. The molecule has 0 aliphatic carbocycles. The first-order chi connectivity index (χ1) is 12.5. The fourth-order valence-electron chi connectivity index (χ4n) is 3.01. The monoisotopic (exact) mass is 398 g/mol. The third kappa shape index (κ3) is 4.74. The number of carbonyl (C=O) groups excluding carboxylic acids is 1. The molecule has 0 spiro atoms. The largest absolute Gasteiger partial charge is 0.507 e. The number of rotatable bonds is 4. The van der Waals surface area contributed by atoms with Gasteiger partial charge in [0.15, 0.2) is 11.6 Å². The van der Waals surface area contributed by atoms with E-state index in [2.05, 4.69) is 0 Å². The molecule has 1 aliphatic rings. The third-order valence-electron chi connectivity index (χ3n) is 4.40. The lowest BCUT2D eigenvalue weighted by atomic mass is 10.0. The third-order valence-corrected chi connectivity index (χ3v) is 4.40. The van der Waals surface area contributed by atoms with Crippen molar-refractivity contribution in [3.8, 4) is 16.9 Å². The summed E-state index contributed by atoms with van der Waals surface area (Å²) in [6.07, 6.45) is 0.633. The zero-order valence-electron chi connectivity index (χ0n) is 14.5. The SMILES string of the molecule is Cl.NCCC1CN(C(=O)c2ccc(-c3cc(F)c(F)cc3O)cc2)CCO1. The van der Waals surface area contributed by atoms with E-state index in [9.17, 15) is 18.7 Å². The first-order valence-electron chi connectivity index (χ1n) is 8.39. The number of ether oxygens (including phenoxy) is 1. The van der Waals surface area contributed by atoms with Crippen LogP contribution in [-0.2, 0) is 4.74 Å². The molecule has 1 atom stereocenters. The highest BCUT2D eigenvalue weighted by Gasteiger charge is 2.24. The Morgan fingerprint density at radius 3 is 2.56 bits per heavy atom. The van der Waals surface area contributed by atoms with Gasteiger partial charge in [0.1, 0.15) is 5.75 Å². The van der Waals surface area contributed by atoms with Crippen LogP contribution in [0.4, 0.5) is 8.78 Å². The van der Waals surface area contributed by atoms with Crippen molar-refractivity contribution in [2.75, 3.05) is 26.2 Å². The van der Waals surface area contributed by atoms with Crippen LogP contribution in [0.2, 0.25) is 0 Å². The number of morpholine rings is 1. The van der Waals surface area contributed by atoms with Crippen molar-refractivity contribution in [3.05, 3.63) is 53.6 Å². The smallest absolute Gasteiger partial charge is 0.254 e. The number of hydrogen-bond donors (Lipinski definition) is 2. The van der Waals surface area contributed by atoms with Crippen LogP contribution in [0.1, 0.15) is 16.8 Å². The van der Waals surface area contributed by atoms with E-state index in [1.807, 2.05) is 0 Å². The van der Waals surface area contributed by atoms with Gasteiger partial charge < -0.3 is 20.5 Å². The number of phenolic OH excluding ortho intramolecular Hbond substituents is 1. The molecule has 146 valence electrons. The van der Waals surface area contributed by atoms with Gasteiger partial charge >= 0.3 is 0 Å². The van der Waals surface area contributed by atoms with Crippen molar-refractivity contribution in [1.82, 2.24) is 4.90 Å². The average molecular weight is 399 g/mol. The molecule has 0 aromatic heterocycles. The second-order valence-corrected chi connectivity index (χ2v) is 6.18. The molecule has 3 N–H and O–H groups in total. The second-order valence-electron chi connectivity index (χ2n) is 6.18. The van der Waals surface area contributed by atoms with E-state index in [1.54, 1.807) is 29.2 Å². The van der Waals surface area contributed by atoms with Gasteiger partial charge in [0, 0.05) is 30.3 Å². The summed E-state index contributed by atoms with van der Waals surface area (Å²) < 4.78 is 32.1. The minimum absolute atomic E-state index is 0. The lowest BCUT2D eigenvalue weighted by Gasteiger charge is -2.33. The maximum Gasteiger partial charge on any atom is 0.254 e. The molecule has 27 heavy (non-hydrogen) atoms. The number of nitrogens with zero attached hydrogens (tertiary/aromatic N) is 1. The Kier molecular flexibility index (Phi) is 7.12. The Morgan fingerprint density at radius 1 is 1.22 bits per heavy atom. The lowest BCUT2D eigenvalue weighted by molar-refractivity contribution is -0.0236. The van der Waals surface area contributed by atoms with E-state index in [0.29, 0.717) is 43.8 Å². The molecule has 8 heteroatoms. The summed E-state index contributed by atoms with van der Waals surface area (Å²) in [6, 6.07) is 8.06. The van der Waals surface area contributed by atoms with Crippen LogP contribution >= 0.6 is 12.4 Å². The van der Waals surface area contributed by atoms with E-state index in [4.69, 9.17) is 10.5 Å². The van der Waals surface area contributed by atoms with E-state index in [0.717, 1.165) is 12.1 Å². The molecule has 1 heterocycles. The van der Waals surface area contributed by atoms with Gasteiger partial charge in [0.2, 0.25) is 0 Å². The predicted molar refractivity (Wildman–Crippen MR) is 100 cm³/mol. The molecule has 5 nitrogen and oxygen atoms in total. The van der Waals surface area contributed by atoms with Gasteiger partial charge in [-0.25, -0.2) is 8.78 Å². The lowest BCUT2D eigenvalue weighted by Crippen LogP contribution is -2.46. The Balaban J connectivity index is 0.00000261. The highest BCUT2D eigenvalue weighted by Crippen LogP contribution is 2.31. The molecule has 2 aromatic rings. The molecule has 1 amide bonds. The number of carbonyl (C=O) groups is 1. The molecular weight excluding hydrogens is 378 g/mol. The number of aromatic hydroxyl groups is 1. The van der Waals surface area contributed by atoms with Crippen molar-refractivity contribution in [2.45, 2.75) is 12.5 Å². The van der Waals surface area contributed by atoms with E-state index in [1.165, 1.54) is 0 Å². The normalized spacial score (nSPS) is 16.7. The number of benzene rings is 2. The van der Waals surface area contributed by atoms with Gasteiger partial charge in [-0.15, -0.1) is 12.4 Å². The highest BCUT2D eigenvalue weighted by molar-refractivity contribution is 5.95. The molecule has 1 unspecified atom stereocenters. The number of nitrogens with two attached hydrogens (primary N) is 1. The van der Waals surface area contributed by atoms with Crippen LogP contribution in [0.5, 0.6) is 5.75 Å². The Morgan fingerprint density at radius 2 is 1.89 bits per heavy atom. The van der Waals surface area contributed by atoms with E-state index < -0.39 is 11.6 Å². The fourth-order valence-corrected chi connectivity index (χ4v) is 3.01. The van der Waals surface area contributed by atoms with Gasteiger partial charge in [-0.2, -0.15) is 0 Å². The van der Waals surface area contributed by atoms with Crippen molar-refractivity contribution >= 4 is 18.3 Å². The number of hydrogen-bond acceptors (Lipinski definition) is 4. The minimum atomic E-state index is -1.11. The molecule has 0 saturated carbocycles. The van der Waals surface area contributed by atoms with Crippen molar-refractivity contribution in [2.24, 2.45) is 5.73 Å². The average Bonchev–Trinajstić information content (AvgIpc) is 2.65. The summed E-state index contributed by atoms with van der Waals surface area (Å²) in [7, 11) is 0. The maximum absolute atomic E-state index is 13.4. The summed E-state index contributed by atoms with van der Waals surface area (Å²) in [6.45, 7) is 1.96. The molecule has 2 aromatic carbocycles. The predicted octanol–water partition coefficient (Wildman–Crippen LogP) is 2.95. The summed E-state index contributed by atoms with van der Waals surface area (Å²) in [4.78, 5) is 14.4. The molecule has 1 aliphatic heterocycles. The molecule has 0 bridgehead atoms. The summed E-state index contributed by atoms with van der Waals surface area (Å²) in [5.41, 5.74) is 6.67. The zero-order chi connectivity index (χ0) is 18.7. The van der Waals surface area contributed by atoms with Crippen molar-refractivity contribution in [3.63, 3.8) is 0 Å². The second kappa shape index (κ2) is 9.12. The number of phenols is 1. The molecular formula is C19H21ClF2N2O3. The van der Waals surface area contributed by atoms with E-state index in [-0.39, 0.29) is 35.7 Å². The standard InChI is InChI=1S/C19H20F2N2O3.ClH/c20-16-9-15(18(24)10-17(16)21)12-1-3-13(4-2-12)19(25)23-7-8-26-14(11-23)5-6-22;/h1-4,9-10,14,24H,5-8,11,22H2;1H. The van der Waals surface area contributed by atoms with E-state index >= 15 is 0 Å². The summed E-state index contributed by atoms with van der Waals surface area (Å²) >= 11 is 0. The highest BCUT2D eigenvalue weighted by atomic mass is 35.5.